The van der Waals surface area contributed by atoms with E-state index >= 15 is 0 Å². The van der Waals surface area contributed by atoms with E-state index in [1.54, 1.807) is 0 Å². The highest BCUT2D eigenvalue weighted by Crippen LogP contribution is 2.35. The Balaban J connectivity index is 1.97. The first-order valence-corrected chi connectivity index (χ1v) is 9.57. The summed E-state index contributed by atoms with van der Waals surface area (Å²) >= 11 is 0. The van der Waals surface area contributed by atoms with Crippen molar-refractivity contribution >= 4 is 34.6 Å². The van der Waals surface area contributed by atoms with Crippen LogP contribution in [0, 0.1) is 6.92 Å². The van der Waals surface area contributed by atoms with E-state index < -0.39 is 7.92 Å². The number of benzene rings is 4. The standard InChI is InChI=1S/C23H19P/c1-18-14-16-21(17-15-18)24(20-10-3-2-4-11-20)23-13-7-9-19-8-5-6-12-22(19)23/h2-17H,1H3. The molecule has 0 heterocycles. The molecule has 0 fully saturated rings. The van der Waals surface area contributed by atoms with Gasteiger partial charge in [-0.25, -0.2) is 0 Å². The summed E-state index contributed by atoms with van der Waals surface area (Å²) in [6.07, 6.45) is 0. The number of hydrogen-bond donors (Lipinski definition) is 0. The smallest absolute Gasteiger partial charge is 0.00726 e. The topological polar surface area (TPSA) is 0 Å². The quantitative estimate of drug-likeness (QED) is 0.469. The van der Waals surface area contributed by atoms with E-state index in [2.05, 4.69) is 104 Å². The van der Waals surface area contributed by atoms with Gasteiger partial charge in [0.1, 0.15) is 0 Å². The van der Waals surface area contributed by atoms with E-state index in [0.717, 1.165) is 0 Å². The Kier molecular flexibility index (Phi) is 4.15. The molecule has 4 aromatic rings. The van der Waals surface area contributed by atoms with E-state index in [1.807, 2.05) is 0 Å². The number of aryl methyl sites for hydroxylation is 1. The molecule has 0 aromatic heterocycles. The van der Waals surface area contributed by atoms with Crippen LogP contribution >= 0.6 is 7.92 Å². The Morgan fingerprint density at radius 2 is 1.17 bits per heavy atom. The Bertz CT molecular complexity index is 951. The van der Waals surface area contributed by atoms with E-state index in [4.69, 9.17) is 0 Å². The molecular formula is C23H19P. The molecule has 116 valence electrons. The minimum Gasteiger partial charge on any atom is -0.0622 e. The van der Waals surface area contributed by atoms with E-state index in [-0.39, 0.29) is 0 Å². The third-order valence-electron chi connectivity index (χ3n) is 4.31. The van der Waals surface area contributed by atoms with Crippen molar-refractivity contribution in [3.63, 3.8) is 0 Å². The molecule has 1 heteroatoms. The summed E-state index contributed by atoms with van der Waals surface area (Å²) < 4.78 is 0. The normalized spacial score (nSPS) is 12.2. The third kappa shape index (κ3) is 2.86. The maximum absolute atomic E-state index is 2.29. The van der Waals surface area contributed by atoms with Gasteiger partial charge in [-0.15, -0.1) is 0 Å². The van der Waals surface area contributed by atoms with Crippen LogP contribution in [0.4, 0.5) is 0 Å². The summed E-state index contributed by atoms with van der Waals surface area (Å²) in [4.78, 5) is 0. The molecule has 4 aromatic carbocycles. The van der Waals surface area contributed by atoms with Crippen LogP contribution in [0.15, 0.2) is 97.1 Å². The number of rotatable bonds is 3. The fourth-order valence-electron chi connectivity index (χ4n) is 3.10. The summed E-state index contributed by atoms with van der Waals surface area (Å²) in [7, 11) is -0.558. The van der Waals surface area contributed by atoms with Crippen molar-refractivity contribution in [2.75, 3.05) is 0 Å². The largest absolute Gasteiger partial charge is 0.0622 e. The molecule has 0 aliphatic heterocycles. The van der Waals surface area contributed by atoms with Gasteiger partial charge in [0.2, 0.25) is 0 Å². The molecule has 0 spiro atoms. The highest BCUT2D eigenvalue weighted by Gasteiger charge is 2.18. The number of fused-ring (bicyclic) bond motifs is 1. The summed E-state index contributed by atoms with van der Waals surface area (Å²) in [6, 6.07) is 35.3. The van der Waals surface area contributed by atoms with Crippen LogP contribution in [0.2, 0.25) is 0 Å². The molecule has 0 radical (unpaired) electrons. The van der Waals surface area contributed by atoms with Crippen LogP contribution < -0.4 is 15.9 Å². The highest BCUT2D eigenvalue weighted by atomic mass is 31.1. The predicted molar refractivity (Wildman–Crippen MR) is 107 cm³/mol. The van der Waals surface area contributed by atoms with Gasteiger partial charge < -0.3 is 0 Å². The second kappa shape index (κ2) is 6.59. The van der Waals surface area contributed by atoms with Crippen molar-refractivity contribution in [2.24, 2.45) is 0 Å². The maximum atomic E-state index is 2.29. The van der Waals surface area contributed by atoms with Crippen molar-refractivity contribution in [2.45, 2.75) is 6.92 Å². The second-order valence-electron chi connectivity index (χ2n) is 6.00. The molecule has 0 saturated carbocycles. The zero-order valence-corrected chi connectivity index (χ0v) is 14.6. The predicted octanol–water partition coefficient (Wildman–Crippen LogP) is 4.91. The summed E-state index contributed by atoms with van der Waals surface area (Å²) in [6.45, 7) is 2.15. The summed E-state index contributed by atoms with van der Waals surface area (Å²) in [5, 5.41) is 6.89. The van der Waals surface area contributed by atoms with Gasteiger partial charge in [-0.1, -0.05) is 103 Å². The maximum Gasteiger partial charge on any atom is -0.00726 e. The first-order chi connectivity index (χ1) is 11.8. The van der Waals surface area contributed by atoms with Gasteiger partial charge in [-0.3, -0.25) is 0 Å². The lowest BCUT2D eigenvalue weighted by Gasteiger charge is -2.21. The lowest BCUT2D eigenvalue weighted by atomic mass is 10.1. The van der Waals surface area contributed by atoms with Crippen LogP contribution in [0.5, 0.6) is 0 Å². The average molecular weight is 326 g/mol. The molecular weight excluding hydrogens is 307 g/mol. The monoisotopic (exact) mass is 326 g/mol. The Morgan fingerprint density at radius 1 is 0.542 bits per heavy atom. The lowest BCUT2D eigenvalue weighted by molar-refractivity contribution is 1.49. The Hall–Kier alpha value is -2.43. The Morgan fingerprint density at radius 3 is 1.96 bits per heavy atom. The SMILES string of the molecule is Cc1ccc(P(c2ccccc2)c2cccc3ccccc23)cc1. The van der Waals surface area contributed by atoms with Crippen LogP contribution in [0.25, 0.3) is 10.8 Å². The van der Waals surface area contributed by atoms with Gasteiger partial charge in [0.25, 0.3) is 0 Å². The zero-order chi connectivity index (χ0) is 16.4. The first kappa shape index (κ1) is 15.1. The minimum absolute atomic E-state index is 0.558. The lowest BCUT2D eigenvalue weighted by Crippen LogP contribution is -2.21. The molecule has 0 saturated heterocycles. The first-order valence-electron chi connectivity index (χ1n) is 8.22. The molecule has 1 atom stereocenters. The van der Waals surface area contributed by atoms with E-state index in [0.29, 0.717) is 0 Å². The Labute approximate surface area is 144 Å². The van der Waals surface area contributed by atoms with Gasteiger partial charge in [0.15, 0.2) is 0 Å². The molecule has 0 amide bonds. The molecule has 0 N–H and O–H groups in total. The fourth-order valence-corrected chi connectivity index (χ4v) is 5.55. The molecule has 0 aliphatic carbocycles. The highest BCUT2D eigenvalue weighted by molar-refractivity contribution is 7.80. The molecule has 24 heavy (non-hydrogen) atoms. The van der Waals surface area contributed by atoms with Gasteiger partial charge >= 0.3 is 0 Å². The molecule has 4 rings (SSSR count). The third-order valence-corrected chi connectivity index (χ3v) is 6.81. The van der Waals surface area contributed by atoms with Crippen LogP contribution in [0.1, 0.15) is 5.56 Å². The zero-order valence-electron chi connectivity index (χ0n) is 13.7. The van der Waals surface area contributed by atoms with Crippen molar-refractivity contribution in [3.8, 4) is 0 Å². The van der Waals surface area contributed by atoms with Crippen molar-refractivity contribution in [3.05, 3.63) is 103 Å². The number of hydrogen-bond acceptors (Lipinski definition) is 0. The second-order valence-corrected chi connectivity index (χ2v) is 8.19. The van der Waals surface area contributed by atoms with Gasteiger partial charge in [0, 0.05) is 0 Å². The van der Waals surface area contributed by atoms with Crippen LogP contribution in [0.3, 0.4) is 0 Å². The van der Waals surface area contributed by atoms with Crippen LogP contribution in [-0.2, 0) is 0 Å². The van der Waals surface area contributed by atoms with Gasteiger partial charge in [-0.2, -0.15) is 0 Å². The summed E-state index contributed by atoms with van der Waals surface area (Å²) in [5.41, 5.74) is 1.31. The molecule has 0 bridgehead atoms. The summed E-state index contributed by atoms with van der Waals surface area (Å²) in [5.74, 6) is 0. The molecule has 1 unspecified atom stereocenters. The fraction of sp³-hybridized carbons (Fsp3) is 0.0435. The average Bonchev–Trinajstić information content (AvgIpc) is 2.65. The van der Waals surface area contributed by atoms with Gasteiger partial charge in [0.05, 0.1) is 0 Å². The van der Waals surface area contributed by atoms with E-state index in [1.165, 1.54) is 32.2 Å². The molecule has 0 nitrogen and oxygen atoms in total. The van der Waals surface area contributed by atoms with Crippen molar-refractivity contribution in [1.82, 2.24) is 0 Å². The van der Waals surface area contributed by atoms with Crippen LogP contribution in [-0.4, -0.2) is 0 Å². The minimum atomic E-state index is -0.558. The van der Waals surface area contributed by atoms with E-state index in [9.17, 15) is 0 Å². The van der Waals surface area contributed by atoms with Crippen molar-refractivity contribution < 1.29 is 0 Å². The molecule has 0 aliphatic rings. The van der Waals surface area contributed by atoms with Gasteiger partial charge in [-0.05, 0) is 41.5 Å². The van der Waals surface area contributed by atoms with Crippen molar-refractivity contribution in [1.29, 1.82) is 0 Å².